The van der Waals surface area contributed by atoms with E-state index in [0.29, 0.717) is 12.6 Å². The molecule has 0 aromatic heterocycles. The van der Waals surface area contributed by atoms with E-state index in [1.54, 1.807) is 13.8 Å². The van der Waals surface area contributed by atoms with Gasteiger partial charge in [0.25, 0.3) is 0 Å². The van der Waals surface area contributed by atoms with E-state index in [9.17, 15) is 4.79 Å². The van der Waals surface area contributed by atoms with E-state index in [0.717, 1.165) is 13.1 Å². The molecule has 0 aromatic rings. The van der Waals surface area contributed by atoms with E-state index < -0.39 is 11.4 Å². The van der Waals surface area contributed by atoms with Crippen LogP contribution < -0.4 is 0 Å². The molecule has 0 amide bonds. The molecule has 1 rings (SSSR count). The Kier molecular flexibility index (Phi) is 4.33. The normalized spacial score (nSPS) is 23.7. The summed E-state index contributed by atoms with van der Waals surface area (Å²) in [7, 11) is 4.19. The molecule has 1 aliphatic rings. The average molecular weight is 228 g/mol. The van der Waals surface area contributed by atoms with Crippen molar-refractivity contribution in [1.82, 2.24) is 9.80 Å². The minimum atomic E-state index is -0.709. The van der Waals surface area contributed by atoms with E-state index in [-0.39, 0.29) is 0 Å². The van der Waals surface area contributed by atoms with Crippen LogP contribution in [0.5, 0.6) is 0 Å². The molecule has 1 unspecified atom stereocenters. The number of hydrogen-bond donors (Lipinski definition) is 1. The lowest BCUT2D eigenvalue weighted by atomic mass is 9.91. The zero-order chi connectivity index (χ0) is 12.3. The fraction of sp³-hybridized carbons (Fsp3) is 0.917. The summed E-state index contributed by atoms with van der Waals surface area (Å²) in [5.41, 5.74) is -0.645. The van der Waals surface area contributed by atoms with Gasteiger partial charge in [-0.05, 0) is 47.3 Å². The second-order valence-corrected chi connectivity index (χ2v) is 5.68. The highest BCUT2D eigenvalue weighted by atomic mass is 16.4. The average Bonchev–Trinajstić information content (AvgIpc) is 2.17. The molecule has 1 heterocycles. The number of piperidine rings is 1. The Hall–Kier alpha value is -0.610. The molecule has 0 spiro atoms. The maximum absolute atomic E-state index is 11.1. The number of carbonyl (C=O) groups is 1. The number of aliphatic carboxylic acids is 1. The van der Waals surface area contributed by atoms with Crippen LogP contribution in [0.2, 0.25) is 0 Å². The van der Waals surface area contributed by atoms with Crippen LogP contribution in [0.4, 0.5) is 0 Å². The van der Waals surface area contributed by atoms with Crippen molar-refractivity contribution < 1.29 is 9.90 Å². The lowest BCUT2D eigenvalue weighted by Crippen LogP contribution is -2.49. The molecule has 4 heteroatoms. The van der Waals surface area contributed by atoms with Crippen molar-refractivity contribution in [3.8, 4) is 0 Å². The summed E-state index contributed by atoms with van der Waals surface area (Å²) >= 11 is 0. The first-order chi connectivity index (χ1) is 7.33. The lowest BCUT2D eigenvalue weighted by Gasteiger charge is -2.38. The fourth-order valence-electron chi connectivity index (χ4n) is 2.22. The lowest BCUT2D eigenvalue weighted by molar-refractivity contribution is -0.148. The predicted octanol–water partition coefficient (Wildman–Crippen LogP) is 1.12. The van der Waals surface area contributed by atoms with Crippen LogP contribution in [0.3, 0.4) is 0 Å². The van der Waals surface area contributed by atoms with E-state index in [1.165, 1.54) is 12.8 Å². The van der Waals surface area contributed by atoms with Crippen molar-refractivity contribution in [3.05, 3.63) is 0 Å². The molecule has 0 aromatic carbocycles. The third-order valence-corrected chi connectivity index (χ3v) is 3.41. The Morgan fingerprint density at radius 1 is 1.50 bits per heavy atom. The summed E-state index contributed by atoms with van der Waals surface area (Å²) in [6.45, 7) is 6.26. The Morgan fingerprint density at radius 3 is 2.62 bits per heavy atom. The van der Waals surface area contributed by atoms with E-state index >= 15 is 0 Å². The molecule has 1 fully saturated rings. The van der Waals surface area contributed by atoms with Crippen LogP contribution in [0, 0.1) is 5.41 Å². The van der Waals surface area contributed by atoms with Crippen molar-refractivity contribution in [2.24, 2.45) is 5.41 Å². The predicted molar refractivity (Wildman–Crippen MR) is 64.6 cm³/mol. The number of nitrogens with zero attached hydrogens (tertiary/aromatic N) is 2. The smallest absolute Gasteiger partial charge is 0.310 e. The highest BCUT2D eigenvalue weighted by molar-refractivity contribution is 5.73. The maximum Gasteiger partial charge on any atom is 0.310 e. The van der Waals surface area contributed by atoms with Gasteiger partial charge >= 0.3 is 5.97 Å². The standard InChI is InChI=1S/C12H24N2O2/c1-12(2,11(15)16)9-14-7-5-6-10(8-14)13(3)4/h10H,5-9H2,1-4H3,(H,15,16). The Bertz CT molecular complexity index is 251. The summed E-state index contributed by atoms with van der Waals surface area (Å²) < 4.78 is 0. The number of likely N-dealkylation sites (tertiary alicyclic amines) is 1. The van der Waals surface area contributed by atoms with Crippen LogP contribution >= 0.6 is 0 Å². The second kappa shape index (κ2) is 5.15. The third-order valence-electron chi connectivity index (χ3n) is 3.41. The van der Waals surface area contributed by atoms with Crippen LogP contribution in [0.25, 0.3) is 0 Å². The number of rotatable bonds is 4. The van der Waals surface area contributed by atoms with Crippen molar-refractivity contribution in [1.29, 1.82) is 0 Å². The Morgan fingerprint density at radius 2 is 2.12 bits per heavy atom. The third kappa shape index (κ3) is 3.46. The largest absolute Gasteiger partial charge is 0.481 e. The monoisotopic (exact) mass is 228 g/mol. The molecule has 1 atom stereocenters. The molecule has 94 valence electrons. The van der Waals surface area contributed by atoms with Gasteiger partial charge in [0.2, 0.25) is 0 Å². The van der Waals surface area contributed by atoms with Gasteiger partial charge in [0, 0.05) is 19.1 Å². The Labute approximate surface area is 98.2 Å². The summed E-state index contributed by atoms with van der Waals surface area (Å²) in [5, 5.41) is 9.11. The molecule has 0 bridgehead atoms. The second-order valence-electron chi connectivity index (χ2n) is 5.68. The van der Waals surface area contributed by atoms with Gasteiger partial charge in [-0.3, -0.25) is 4.79 Å². The van der Waals surface area contributed by atoms with Gasteiger partial charge in [-0.25, -0.2) is 0 Å². The van der Waals surface area contributed by atoms with E-state index in [1.807, 2.05) is 0 Å². The van der Waals surface area contributed by atoms with Crippen molar-refractivity contribution in [2.45, 2.75) is 32.7 Å². The van der Waals surface area contributed by atoms with Crippen molar-refractivity contribution in [3.63, 3.8) is 0 Å². The molecular formula is C12H24N2O2. The van der Waals surface area contributed by atoms with Gasteiger partial charge in [-0.15, -0.1) is 0 Å². The molecule has 4 nitrogen and oxygen atoms in total. The van der Waals surface area contributed by atoms with Gasteiger partial charge < -0.3 is 14.9 Å². The highest BCUT2D eigenvalue weighted by Gasteiger charge is 2.32. The quantitative estimate of drug-likeness (QED) is 0.783. The first-order valence-electron chi connectivity index (χ1n) is 5.95. The van der Waals surface area contributed by atoms with E-state index in [2.05, 4.69) is 23.9 Å². The zero-order valence-electron chi connectivity index (χ0n) is 10.9. The van der Waals surface area contributed by atoms with Gasteiger partial charge in [-0.1, -0.05) is 0 Å². The maximum atomic E-state index is 11.1. The highest BCUT2D eigenvalue weighted by Crippen LogP contribution is 2.21. The van der Waals surface area contributed by atoms with E-state index in [4.69, 9.17) is 5.11 Å². The molecule has 16 heavy (non-hydrogen) atoms. The molecule has 0 aliphatic carbocycles. The van der Waals surface area contributed by atoms with Gasteiger partial charge in [0.1, 0.15) is 0 Å². The van der Waals surface area contributed by atoms with Gasteiger partial charge in [-0.2, -0.15) is 0 Å². The van der Waals surface area contributed by atoms with Crippen molar-refractivity contribution in [2.75, 3.05) is 33.7 Å². The molecule has 1 saturated heterocycles. The van der Waals surface area contributed by atoms with Gasteiger partial charge in [0.15, 0.2) is 0 Å². The summed E-state index contributed by atoms with van der Waals surface area (Å²) in [6.07, 6.45) is 2.38. The number of carboxylic acids is 1. The molecule has 1 aliphatic heterocycles. The van der Waals surface area contributed by atoms with Crippen LogP contribution in [-0.4, -0.2) is 60.6 Å². The zero-order valence-corrected chi connectivity index (χ0v) is 10.9. The molecular weight excluding hydrogens is 204 g/mol. The van der Waals surface area contributed by atoms with Gasteiger partial charge in [0.05, 0.1) is 5.41 Å². The molecule has 0 radical (unpaired) electrons. The van der Waals surface area contributed by atoms with Crippen LogP contribution in [0.1, 0.15) is 26.7 Å². The molecule has 1 N–H and O–H groups in total. The molecule has 0 saturated carbocycles. The number of carboxylic acid groups (broad SMARTS) is 1. The minimum absolute atomic E-state index is 0.568. The van der Waals surface area contributed by atoms with Crippen LogP contribution in [0.15, 0.2) is 0 Å². The number of hydrogen-bond acceptors (Lipinski definition) is 3. The SMILES string of the molecule is CN(C)C1CCCN(CC(C)(C)C(=O)O)C1. The number of likely N-dealkylation sites (N-methyl/N-ethyl adjacent to an activating group) is 1. The first-order valence-corrected chi connectivity index (χ1v) is 5.95. The fourth-order valence-corrected chi connectivity index (χ4v) is 2.22. The minimum Gasteiger partial charge on any atom is -0.481 e. The Balaban J connectivity index is 2.52. The summed E-state index contributed by atoms with van der Waals surface area (Å²) in [6, 6.07) is 0.568. The van der Waals surface area contributed by atoms with Crippen LogP contribution in [-0.2, 0) is 4.79 Å². The summed E-state index contributed by atoms with van der Waals surface area (Å²) in [4.78, 5) is 15.6. The summed E-state index contributed by atoms with van der Waals surface area (Å²) in [5.74, 6) is -0.709. The topological polar surface area (TPSA) is 43.8 Å². The van der Waals surface area contributed by atoms with Crippen molar-refractivity contribution >= 4 is 5.97 Å². The first kappa shape index (κ1) is 13.5.